The molecule has 4 aromatic rings. The lowest BCUT2D eigenvalue weighted by atomic mass is 10.0. The summed E-state index contributed by atoms with van der Waals surface area (Å²) in [4.78, 5) is 15.0. The second-order valence-electron chi connectivity index (χ2n) is 7.99. The molecule has 33 heavy (non-hydrogen) atoms. The van der Waals surface area contributed by atoms with Crippen LogP contribution in [0, 0.1) is 0 Å². The Morgan fingerprint density at radius 1 is 0.909 bits per heavy atom. The number of amides is 1. The first-order chi connectivity index (χ1) is 15.9. The summed E-state index contributed by atoms with van der Waals surface area (Å²) in [6.45, 7) is 0.568. The fraction of sp³-hybridized carbons (Fsp3) is 0.115. The zero-order valence-electron chi connectivity index (χ0n) is 17.7. The molecule has 0 spiro atoms. The molecule has 0 saturated carbocycles. The first-order valence-corrected chi connectivity index (χ1v) is 12.5. The quantitative estimate of drug-likeness (QED) is 0.399. The average Bonchev–Trinajstić information content (AvgIpc) is 2.83. The van der Waals surface area contributed by atoms with Crippen molar-refractivity contribution in [2.24, 2.45) is 0 Å². The van der Waals surface area contributed by atoms with E-state index in [1.54, 1.807) is 53.4 Å². The summed E-state index contributed by atoms with van der Waals surface area (Å²) < 4.78 is 29.1. The number of rotatable bonds is 4. The Labute approximate surface area is 197 Å². The molecule has 1 aliphatic heterocycles. The van der Waals surface area contributed by atoms with Gasteiger partial charge in [-0.25, -0.2) is 8.42 Å². The summed E-state index contributed by atoms with van der Waals surface area (Å²) in [6, 6.07) is 24.9. The number of halogens is 1. The third-order valence-electron chi connectivity index (χ3n) is 5.83. The molecule has 0 radical (unpaired) electrons. The highest BCUT2D eigenvalue weighted by atomic mass is 35.5. The number of carbonyl (C=O) groups is 1. The molecule has 166 valence electrons. The molecule has 7 heteroatoms. The van der Waals surface area contributed by atoms with E-state index < -0.39 is 10.0 Å². The molecule has 1 aliphatic rings. The first-order valence-electron chi connectivity index (χ1n) is 10.6. The maximum atomic E-state index is 13.2. The van der Waals surface area contributed by atoms with Gasteiger partial charge in [-0.15, -0.1) is 0 Å². The van der Waals surface area contributed by atoms with E-state index in [1.807, 2.05) is 36.4 Å². The molecule has 0 atom stereocenters. The number of anilines is 2. The number of aryl methyl sites for hydroxylation is 1. The van der Waals surface area contributed by atoms with Crippen LogP contribution < -0.4 is 9.62 Å². The molecular weight excluding hydrogens is 456 g/mol. The summed E-state index contributed by atoms with van der Waals surface area (Å²) in [5.74, 6) is -0.150. The number of hydrogen-bond donors (Lipinski definition) is 1. The fourth-order valence-electron chi connectivity index (χ4n) is 4.25. The van der Waals surface area contributed by atoms with Crippen LogP contribution in [0.3, 0.4) is 0 Å². The molecule has 1 N–H and O–H groups in total. The Morgan fingerprint density at radius 3 is 2.55 bits per heavy atom. The van der Waals surface area contributed by atoms with Crippen molar-refractivity contribution >= 4 is 49.7 Å². The SMILES string of the molecule is O=C(c1cccc(Cl)c1)N1CCCc2cc(S(=O)(=O)Nc3cccc4ccccc34)ccc21. The second kappa shape index (κ2) is 8.54. The minimum atomic E-state index is -3.80. The average molecular weight is 477 g/mol. The molecule has 0 saturated heterocycles. The summed E-state index contributed by atoms with van der Waals surface area (Å²) in [5.41, 5.74) is 2.60. The Balaban J connectivity index is 1.47. The minimum Gasteiger partial charge on any atom is -0.308 e. The van der Waals surface area contributed by atoms with Gasteiger partial charge in [-0.1, -0.05) is 54.1 Å². The summed E-state index contributed by atoms with van der Waals surface area (Å²) in [5, 5.41) is 2.29. The number of carbonyl (C=O) groups excluding carboxylic acids is 1. The highest BCUT2D eigenvalue weighted by Gasteiger charge is 2.26. The van der Waals surface area contributed by atoms with E-state index in [4.69, 9.17) is 11.6 Å². The number of nitrogens with one attached hydrogen (secondary N) is 1. The molecule has 0 aliphatic carbocycles. The van der Waals surface area contributed by atoms with E-state index in [0.29, 0.717) is 29.2 Å². The maximum absolute atomic E-state index is 13.2. The summed E-state index contributed by atoms with van der Waals surface area (Å²) >= 11 is 6.06. The lowest BCUT2D eigenvalue weighted by Gasteiger charge is -2.30. The maximum Gasteiger partial charge on any atom is 0.261 e. The van der Waals surface area contributed by atoms with Crippen LogP contribution in [0.1, 0.15) is 22.3 Å². The second-order valence-corrected chi connectivity index (χ2v) is 10.1. The Kier molecular flexibility index (Phi) is 5.56. The fourth-order valence-corrected chi connectivity index (χ4v) is 5.57. The summed E-state index contributed by atoms with van der Waals surface area (Å²) in [6.07, 6.45) is 1.45. The highest BCUT2D eigenvalue weighted by Crippen LogP contribution is 2.32. The summed E-state index contributed by atoms with van der Waals surface area (Å²) in [7, 11) is -3.80. The molecule has 0 aromatic heterocycles. The van der Waals surface area contributed by atoms with Crippen LogP contribution in [0.4, 0.5) is 11.4 Å². The van der Waals surface area contributed by atoms with Crippen molar-refractivity contribution in [3.63, 3.8) is 0 Å². The van der Waals surface area contributed by atoms with E-state index >= 15 is 0 Å². The van der Waals surface area contributed by atoms with Gasteiger partial charge >= 0.3 is 0 Å². The third-order valence-corrected chi connectivity index (χ3v) is 7.43. The number of nitrogens with zero attached hydrogens (tertiary/aromatic N) is 1. The Morgan fingerprint density at radius 2 is 1.70 bits per heavy atom. The standard InChI is InChI=1S/C26H21ClN2O3S/c27-21-10-3-8-20(16-21)26(30)29-15-5-9-19-17-22(13-14-25(19)29)33(31,32)28-24-12-4-7-18-6-1-2-11-23(18)24/h1-4,6-8,10-14,16-17,28H,5,9,15H2. The van der Waals surface area contributed by atoms with Crippen LogP contribution >= 0.6 is 11.6 Å². The van der Waals surface area contributed by atoms with Gasteiger partial charge in [0.2, 0.25) is 0 Å². The van der Waals surface area contributed by atoms with E-state index in [-0.39, 0.29) is 10.8 Å². The molecule has 1 amide bonds. The van der Waals surface area contributed by atoms with Crippen molar-refractivity contribution in [2.45, 2.75) is 17.7 Å². The third kappa shape index (κ3) is 4.19. The predicted octanol–water partition coefficient (Wildman–Crippen LogP) is 5.89. The van der Waals surface area contributed by atoms with Crippen molar-refractivity contribution in [1.29, 1.82) is 0 Å². The van der Waals surface area contributed by atoms with Gasteiger partial charge in [-0.05, 0) is 66.3 Å². The zero-order chi connectivity index (χ0) is 23.0. The van der Waals surface area contributed by atoms with E-state index in [0.717, 1.165) is 28.4 Å². The largest absolute Gasteiger partial charge is 0.308 e. The van der Waals surface area contributed by atoms with Crippen molar-refractivity contribution in [3.05, 3.63) is 101 Å². The molecule has 1 heterocycles. The van der Waals surface area contributed by atoms with Crippen molar-refractivity contribution in [2.75, 3.05) is 16.2 Å². The first kappa shape index (κ1) is 21.5. The van der Waals surface area contributed by atoms with Crippen LogP contribution in [0.2, 0.25) is 5.02 Å². The van der Waals surface area contributed by atoms with E-state index in [1.165, 1.54) is 0 Å². The number of benzene rings is 4. The molecule has 0 unspecified atom stereocenters. The van der Waals surface area contributed by atoms with Gasteiger partial charge in [0, 0.05) is 28.2 Å². The van der Waals surface area contributed by atoms with Gasteiger partial charge in [0.1, 0.15) is 0 Å². The normalized spacial score (nSPS) is 13.5. The van der Waals surface area contributed by atoms with Gasteiger partial charge in [0.05, 0.1) is 10.6 Å². The van der Waals surface area contributed by atoms with Gasteiger partial charge in [0.25, 0.3) is 15.9 Å². The van der Waals surface area contributed by atoms with Crippen LogP contribution in [-0.2, 0) is 16.4 Å². The van der Waals surface area contributed by atoms with E-state index in [9.17, 15) is 13.2 Å². The monoisotopic (exact) mass is 476 g/mol. The van der Waals surface area contributed by atoms with Crippen LogP contribution in [-0.4, -0.2) is 20.9 Å². The van der Waals surface area contributed by atoms with E-state index in [2.05, 4.69) is 4.72 Å². The van der Waals surface area contributed by atoms with Crippen LogP contribution in [0.15, 0.2) is 89.8 Å². The lowest BCUT2D eigenvalue weighted by Crippen LogP contribution is -2.35. The molecule has 5 nitrogen and oxygen atoms in total. The van der Waals surface area contributed by atoms with Gasteiger partial charge in [-0.2, -0.15) is 0 Å². The van der Waals surface area contributed by atoms with Gasteiger partial charge < -0.3 is 4.90 Å². The highest BCUT2D eigenvalue weighted by molar-refractivity contribution is 7.92. The molecule has 5 rings (SSSR count). The minimum absolute atomic E-state index is 0.150. The zero-order valence-corrected chi connectivity index (χ0v) is 19.2. The van der Waals surface area contributed by atoms with Crippen LogP contribution in [0.25, 0.3) is 10.8 Å². The smallest absolute Gasteiger partial charge is 0.261 e. The number of fused-ring (bicyclic) bond motifs is 2. The van der Waals surface area contributed by atoms with Gasteiger partial charge in [-0.3, -0.25) is 9.52 Å². The van der Waals surface area contributed by atoms with Crippen molar-refractivity contribution in [1.82, 2.24) is 0 Å². The number of sulfonamides is 1. The van der Waals surface area contributed by atoms with Crippen molar-refractivity contribution in [3.8, 4) is 0 Å². The predicted molar refractivity (Wildman–Crippen MR) is 133 cm³/mol. The van der Waals surface area contributed by atoms with Crippen molar-refractivity contribution < 1.29 is 13.2 Å². The topological polar surface area (TPSA) is 66.5 Å². The number of hydrogen-bond acceptors (Lipinski definition) is 3. The molecule has 0 bridgehead atoms. The van der Waals surface area contributed by atoms with Gasteiger partial charge in [0.15, 0.2) is 0 Å². The van der Waals surface area contributed by atoms with Crippen LogP contribution in [0.5, 0.6) is 0 Å². The molecular formula is C26H21ClN2O3S. The molecule has 0 fully saturated rings. The Hall–Kier alpha value is -3.35. The molecule has 4 aromatic carbocycles. The lowest BCUT2D eigenvalue weighted by molar-refractivity contribution is 0.0985. The Bertz CT molecular complexity index is 1480.